The van der Waals surface area contributed by atoms with E-state index in [1.54, 1.807) is 42.5 Å². The Hall–Kier alpha value is -2.78. The van der Waals surface area contributed by atoms with E-state index in [-0.39, 0.29) is 50.2 Å². The summed E-state index contributed by atoms with van der Waals surface area (Å²) >= 11 is 19.1. The molecule has 0 aliphatic heterocycles. The molecule has 0 aromatic heterocycles. The van der Waals surface area contributed by atoms with Crippen molar-refractivity contribution in [3.63, 3.8) is 0 Å². The van der Waals surface area contributed by atoms with Crippen molar-refractivity contribution in [2.24, 2.45) is 0 Å². The number of sulfonamides is 1. The van der Waals surface area contributed by atoms with Crippen LogP contribution in [0.4, 0.5) is 5.69 Å². The van der Waals surface area contributed by atoms with Crippen LogP contribution in [0.3, 0.4) is 0 Å². The minimum atomic E-state index is -3.65. The van der Waals surface area contributed by atoms with Gasteiger partial charge in [-0.05, 0) is 55.7 Å². The molecular weight excluding hydrogens is 617 g/mol. The number of nitrogens with one attached hydrogen (secondary N) is 1. The Morgan fingerprint density at radius 2 is 1.57 bits per heavy atom. The van der Waals surface area contributed by atoms with Crippen LogP contribution >= 0.6 is 34.8 Å². The van der Waals surface area contributed by atoms with Gasteiger partial charge in [0.15, 0.2) is 0 Å². The maximum atomic E-state index is 14.0. The molecule has 3 rings (SSSR count). The third-order valence-corrected chi connectivity index (χ3v) is 9.05. The van der Waals surface area contributed by atoms with Crippen LogP contribution in [0.25, 0.3) is 0 Å². The number of anilines is 1. The summed E-state index contributed by atoms with van der Waals surface area (Å²) in [6.45, 7) is 3.93. The minimum absolute atomic E-state index is 0.00680. The zero-order valence-electron chi connectivity index (χ0n) is 23.9. The van der Waals surface area contributed by atoms with E-state index in [0.29, 0.717) is 26.3 Å². The van der Waals surface area contributed by atoms with E-state index in [1.165, 1.54) is 9.21 Å². The molecular formula is C31H36Cl3N3O4S. The van der Waals surface area contributed by atoms with Crippen molar-refractivity contribution in [2.75, 3.05) is 17.1 Å². The van der Waals surface area contributed by atoms with Gasteiger partial charge in [0.2, 0.25) is 21.8 Å². The van der Waals surface area contributed by atoms with Crippen molar-refractivity contribution >= 4 is 62.3 Å². The van der Waals surface area contributed by atoms with E-state index >= 15 is 0 Å². The Morgan fingerprint density at radius 1 is 0.929 bits per heavy atom. The molecule has 1 N–H and O–H groups in total. The first-order valence-electron chi connectivity index (χ1n) is 13.7. The van der Waals surface area contributed by atoms with E-state index in [1.807, 2.05) is 44.2 Å². The Balaban J connectivity index is 1.94. The highest BCUT2D eigenvalue weighted by Gasteiger charge is 2.32. The van der Waals surface area contributed by atoms with E-state index in [4.69, 9.17) is 34.8 Å². The molecule has 0 saturated heterocycles. The summed E-state index contributed by atoms with van der Waals surface area (Å²) in [6, 6.07) is 20.1. The zero-order valence-corrected chi connectivity index (χ0v) is 27.0. The zero-order chi connectivity index (χ0) is 30.9. The molecule has 2 amide bonds. The maximum absolute atomic E-state index is 14.0. The lowest BCUT2D eigenvalue weighted by Crippen LogP contribution is -2.52. The summed E-state index contributed by atoms with van der Waals surface area (Å²) in [6.07, 6.45) is 2.29. The van der Waals surface area contributed by atoms with Crippen LogP contribution in [0.1, 0.15) is 44.2 Å². The van der Waals surface area contributed by atoms with Crippen molar-refractivity contribution < 1.29 is 18.0 Å². The smallest absolute Gasteiger partial charge is 0.243 e. The van der Waals surface area contributed by atoms with Gasteiger partial charge in [0.05, 0.1) is 11.9 Å². The highest BCUT2D eigenvalue weighted by molar-refractivity contribution is 7.92. The monoisotopic (exact) mass is 651 g/mol. The lowest BCUT2D eigenvalue weighted by Gasteiger charge is -2.33. The number of carbonyl (C=O) groups excluding carboxylic acids is 2. The van der Waals surface area contributed by atoms with E-state index < -0.39 is 16.1 Å². The molecule has 226 valence electrons. The fraction of sp³-hybridized carbons (Fsp3) is 0.355. The van der Waals surface area contributed by atoms with Crippen molar-refractivity contribution in [1.29, 1.82) is 0 Å². The molecule has 11 heteroatoms. The molecule has 3 aromatic rings. The summed E-state index contributed by atoms with van der Waals surface area (Å²) in [5, 5.41) is 4.18. The molecule has 0 bridgehead atoms. The van der Waals surface area contributed by atoms with E-state index in [0.717, 1.165) is 18.2 Å². The van der Waals surface area contributed by atoms with Gasteiger partial charge in [-0.3, -0.25) is 13.9 Å². The third-order valence-electron chi connectivity index (χ3n) is 6.91. The van der Waals surface area contributed by atoms with Crippen molar-refractivity contribution in [3.05, 3.63) is 99.0 Å². The molecule has 0 unspecified atom stereocenters. The molecule has 0 heterocycles. The lowest BCUT2D eigenvalue weighted by atomic mass is 10.0. The molecule has 3 aromatic carbocycles. The second kappa shape index (κ2) is 15.6. The second-order valence-electron chi connectivity index (χ2n) is 10.2. The Morgan fingerprint density at radius 3 is 2.17 bits per heavy atom. The number of rotatable bonds is 14. The van der Waals surface area contributed by atoms with Crippen LogP contribution in [0, 0.1) is 0 Å². The normalized spacial score (nSPS) is 12.8. The summed E-state index contributed by atoms with van der Waals surface area (Å²) in [4.78, 5) is 29.1. The fourth-order valence-electron chi connectivity index (χ4n) is 4.48. The van der Waals surface area contributed by atoms with Gasteiger partial charge in [-0.2, -0.15) is 0 Å². The molecule has 0 spiro atoms. The number of hydrogen-bond donors (Lipinski definition) is 1. The van der Waals surface area contributed by atoms with Gasteiger partial charge < -0.3 is 10.2 Å². The number of amides is 2. The molecule has 7 nitrogen and oxygen atoms in total. The topological polar surface area (TPSA) is 86.8 Å². The van der Waals surface area contributed by atoms with Gasteiger partial charge in [-0.25, -0.2) is 8.42 Å². The van der Waals surface area contributed by atoms with Crippen LogP contribution in [0.5, 0.6) is 0 Å². The van der Waals surface area contributed by atoms with Gasteiger partial charge in [-0.1, -0.05) is 84.2 Å². The number of halogens is 3. The quantitative estimate of drug-likeness (QED) is 0.209. The number of carbonyl (C=O) groups is 2. The molecule has 0 aliphatic carbocycles. The summed E-state index contributed by atoms with van der Waals surface area (Å²) in [7, 11) is -3.65. The minimum Gasteiger partial charge on any atom is -0.352 e. The van der Waals surface area contributed by atoms with Crippen molar-refractivity contribution in [3.8, 4) is 0 Å². The highest BCUT2D eigenvalue weighted by Crippen LogP contribution is 2.28. The first kappa shape index (κ1) is 33.7. The fourth-order valence-corrected chi connectivity index (χ4v) is 6.14. The van der Waals surface area contributed by atoms with Gasteiger partial charge in [0.1, 0.15) is 6.04 Å². The van der Waals surface area contributed by atoms with Crippen LogP contribution in [-0.2, 0) is 32.6 Å². The summed E-state index contributed by atoms with van der Waals surface area (Å²) in [5.74, 6) is -0.618. The summed E-state index contributed by atoms with van der Waals surface area (Å²) in [5.41, 5.74) is 1.82. The number of hydrogen-bond acceptors (Lipinski definition) is 4. The lowest BCUT2D eigenvalue weighted by molar-refractivity contribution is -0.141. The van der Waals surface area contributed by atoms with Crippen LogP contribution in [-0.4, -0.2) is 50.0 Å². The molecule has 0 saturated carbocycles. The largest absolute Gasteiger partial charge is 0.352 e. The van der Waals surface area contributed by atoms with Crippen LogP contribution < -0.4 is 9.62 Å². The van der Waals surface area contributed by atoms with E-state index in [2.05, 4.69) is 5.32 Å². The van der Waals surface area contributed by atoms with Crippen LogP contribution in [0.15, 0.2) is 72.8 Å². The average molecular weight is 653 g/mol. The molecule has 42 heavy (non-hydrogen) atoms. The highest BCUT2D eigenvalue weighted by atomic mass is 35.5. The number of benzene rings is 3. The Bertz CT molecular complexity index is 1450. The van der Waals surface area contributed by atoms with Crippen LogP contribution in [0.2, 0.25) is 15.1 Å². The summed E-state index contributed by atoms with van der Waals surface area (Å²) < 4.78 is 26.4. The van der Waals surface area contributed by atoms with Crippen molar-refractivity contribution in [2.45, 2.75) is 58.2 Å². The Labute approximate surface area is 263 Å². The maximum Gasteiger partial charge on any atom is 0.243 e. The molecule has 0 aliphatic rings. The second-order valence-corrected chi connectivity index (χ2v) is 13.3. The first-order valence-corrected chi connectivity index (χ1v) is 16.7. The predicted octanol–water partition coefficient (Wildman–Crippen LogP) is 6.75. The van der Waals surface area contributed by atoms with Gasteiger partial charge >= 0.3 is 0 Å². The average Bonchev–Trinajstić information content (AvgIpc) is 2.94. The van der Waals surface area contributed by atoms with Crippen molar-refractivity contribution in [1.82, 2.24) is 10.2 Å². The van der Waals surface area contributed by atoms with Gasteiger partial charge in [-0.15, -0.1) is 0 Å². The van der Waals surface area contributed by atoms with Gasteiger partial charge in [0, 0.05) is 52.6 Å². The molecule has 2 atom stereocenters. The van der Waals surface area contributed by atoms with E-state index in [9.17, 15) is 18.0 Å². The van der Waals surface area contributed by atoms with Gasteiger partial charge in [0.25, 0.3) is 0 Å². The first-order chi connectivity index (χ1) is 19.9. The SMILES string of the molecule is CC[C@@H](C)NC(=O)[C@H](Cc1ccccc1)N(Cc1c(Cl)cccc1Cl)C(=O)CCCN(c1cccc(Cl)c1)S(C)(=O)=O. The molecule has 0 radical (unpaired) electrons. The Kier molecular flexibility index (Phi) is 12.5. The third kappa shape index (κ3) is 9.63. The number of nitrogens with zero attached hydrogens (tertiary/aromatic N) is 2. The standard InChI is InChI=1S/C31H36Cl3N3O4S/c1-4-22(2)35-31(39)29(19-23-11-6-5-7-12-23)36(21-26-27(33)15-9-16-28(26)34)30(38)17-10-18-37(42(3,40)41)25-14-8-13-24(32)20-25/h5-9,11-16,20,22,29H,4,10,17-19,21H2,1-3H3,(H,35,39)/t22-,29+/m1/s1. The molecule has 0 fully saturated rings. The predicted molar refractivity (Wildman–Crippen MR) is 172 cm³/mol.